The first-order chi connectivity index (χ1) is 14.0. The van der Waals surface area contributed by atoms with E-state index >= 15 is 0 Å². The molecule has 0 aromatic rings. The number of carbonyl (C=O) groups excluding carboxylic acids is 2. The number of unbranched alkanes of at least 4 members (excludes halogenated alkanes) is 4. The molecule has 0 heterocycles. The number of aliphatic hydroxyl groups is 2. The van der Waals surface area contributed by atoms with Gasteiger partial charge in [-0.1, -0.05) is 24.3 Å². The lowest BCUT2D eigenvalue weighted by Crippen LogP contribution is -2.56. The van der Waals surface area contributed by atoms with Gasteiger partial charge in [0.25, 0.3) is 0 Å². The third-order valence-corrected chi connectivity index (χ3v) is 4.94. The number of rotatable bonds is 18. The topological polar surface area (TPSA) is 98.7 Å². The summed E-state index contributed by atoms with van der Waals surface area (Å²) in [7, 11) is 0. The average molecular weight is 413 g/mol. The molecule has 7 nitrogen and oxygen atoms in total. The lowest BCUT2D eigenvalue weighted by Gasteiger charge is -2.34. The summed E-state index contributed by atoms with van der Waals surface area (Å²) in [6.45, 7) is 5.08. The summed E-state index contributed by atoms with van der Waals surface area (Å²) in [6, 6.07) is 0. The van der Waals surface area contributed by atoms with E-state index in [1.807, 2.05) is 26.0 Å². The number of carbonyl (C=O) groups is 2. The maximum Gasteiger partial charge on any atom is 0.220 e. The van der Waals surface area contributed by atoms with Crippen LogP contribution in [0.5, 0.6) is 0 Å². The number of hydrogen-bond acceptors (Lipinski definition) is 4. The molecule has 0 aromatic heterocycles. The summed E-state index contributed by atoms with van der Waals surface area (Å²) < 4.78 is 0.0309. The van der Waals surface area contributed by atoms with Crippen LogP contribution >= 0.6 is 0 Å². The minimum atomic E-state index is -0.241. The van der Waals surface area contributed by atoms with Gasteiger partial charge in [0.1, 0.15) is 0 Å². The highest BCUT2D eigenvalue weighted by Crippen LogP contribution is 2.04. The third-order valence-electron chi connectivity index (χ3n) is 4.94. The highest BCUT2D eigenvalue weighted by Gasteiger charge is 2.25. The first-order valence-corrected chi connectivity index (χ1v) is 10.9. The van der Waals surface area contributed by atoms with Crippen molar-refractivity contribution < 1.29 is 24.3 Å². The summed E-state index contributed by atoms with van der Waals surface area (Å²) in [5.41, 5.74) is 0. The van der Waals surface area contributed by atoms with Crippen molar-refractivity contribution in [2.45, 2.75) is 65.2 Å². The van der Waals surface area contributed by atoms with Crippen molar-refractivity contribution in [2.75, 3.05) is 39.6 Å². The maximum atomic E-state index is 11.9. The number of hydrogen-bond donors (Lipinski definition) is 4. The van der Waals surface area contributed by atoms with Crippen LogP contribution in [0.4, 0.5) is 0 Å². The number of nitrogens with one attached hydrogen (secondary N) is 2. The van der Waals surface area contributed by atoms with Crippen molar-refractivity contribution in [1.29, 1.82) is 0 Å². The number of allylic oxidation sites excluding steroid dienone is 4. The van der Waals surface area contributed by atoms with Gasteiger partial charge in [-0.25, -0.2) is 0 Å². The summed E-state index contributed by atoms with van der Waals surface area (Å²) >= 11 is 0. The van der Waals surface area contributed by atoms with Crippen LogP contribution < -0.4 is 10.6 Å². The van der Waals surface area contributed by atoms with Gasteiger partial charge in [-0.05, 0) is 52.4 Å². The first-order valence-electron chi connectivity index (χ1n) is 10.9. The van der Waals surface area contributed by atoms with Crippen molar-refractivity contribution in [3.05, 3.63) is 24.3 Å². The van der Waals surface area contributed by atoms with E-state index in [2.05, 4.69) is 22.8 Å². The van der Waals surface area contributed by atoms with Crippen LogP contribution in [-0.4, -0.2) is 66.2 Å². The predicted molar refractivity (Wildman–Crippen MR) is 117 cm³/mol. The molecule has 0 aliphatic carbocycles. The molecule has 0 radical (unpaired) electrons. The zero-order chi connectivity index (χ0) is 21.8. The molecule has 0 fully saturated rings. The Kier molecular flexibility index (Phi) is 17.3. The van der Waals surface area contributed by atoms with E-state index in [0.29, 0.717) is 39.0 Å². The van der Waals surface area contributed by atoms with E-state index < -0.39 is 0 Å². The van der Waals surface area contributed by atoms with Crippen LogP contribution in [0.25, 0.3) is 0 Å². The standard InChI is InChI=1S/C22H41N3O4/c1-3-5-7-9-11-13-21(28)23-15-17-25(19-26,20-27)18-16-24-22(29)14-12-10-8-6-4-2/h3-6,26-27H,7-20H2,1-2H3,(H-,23,24,28,29)/p+1/b5-3+,6-4+. The normalized spacial score (nSPS) is 12.0. The van der Waals surface area contributed by atoms with E-state index in [-0.39, 0.29) is 29.8 Å². The Bertz CT molecular complexity index is 448. The van der Waals surface area contributed by atoms with Gasteiger partial charge in [-0.15, -0.1) is 0 Å². The van der Waals surface area contributed by atoms with Gasteiger partial charge in [-0.2, -0.15) is 0 Å². The number of amides is 2. The Morgan fingerprint density at radius 3 is 1.52 bits per heavy atom. The molecule has 4 N–H and O–H groups in total. The van der Waals surface area contributed by atoms with Crippen LogP contribution in [0.3, 0.4) is 0 Å². The van der Waals surface area contributed by atoms with E-state index in [1.165, 1.54) is 0 Å². The Labute approximate surface area is 176 Å². The highest BCUT2D eigenvalue weighted by molar-refractivity contribution is 5.76. The van der Waals surface area contributed by atoms with Gasteiger partial charge in [-0.3, -0.25) is 14.1 Å². The van der Waals surface area contributed by atoms with Crippen molar-refractivity contribution in [2.24, 2.45) is 0 Å². The van der Waals surface area contributed by atoms with Gasteiger partial charge in [0.15, 0.2) is 13.5 Å². The molecule has 0 saturated carbocycles. The number of nitrogens with zero attached hydrogens (tertiary/aromatic N) is 1. The Morgan fingerprint density at radius 1 is 0.759 bits per heavy atom. The van der Waals surface area contributed by atoms with Crippen LogP contribution in [0, 0.1) is 0 Å². The number of quaternary nitrogens is 1. The molecule has 7 heteroatoms. The zero-order valence-electron chi connectivity index (χ0n) is 18.4. The highest BCUT2D eigenvalue weighted by atomic mass is 16.3. The molecule has 0 unspecified atom stereocenters. The SMILES string of the molecule is C/C=C/CCCCC(=O)NCC[N+](CO)(CO)CCNC(=O)CCCC/C=C/C. The fraction of sp³-hybridized carbons (Fsp3) is 0.727. The lowest BCUT2D eigenvalue weighted by molar-refractivity contribution is -0.959. The molecular weight excluding hydrogens is 370 g/mol. The van der Waals surface area contributed by atoms with Gasteiger partial charge < -0.3 is 20.8 Å². The monoisotopic (exact) mass is 412 g/mol. The molecule has 2 amide bonds. The fourth-order valence-corrected chi connectivity index (χ4v) is 2.91. The fourth-order valence-electron chi connectivity index (χ4n) is 2.91. The van der Waals surface area contributed by atoms with Crippen LogP contribution in [0.1, 0.15) is 65.2 Å². The molecular formula is C22H42N3O4+. The Hall–Kier alpha value is -1.70. The van der Waals surface area contributed by atoms with Crippen molar-refractivity contribution in [3.8, 4) is 0 Å². The Morgan fingerprint density at radius 2 is 1.17 bits per heavy atom. The predicted octanol–water partition coefficient (Wildman–Crippen LogP) is 2.21. The molecule has 0 rings (SSSR count). The summed E-state index contributed by atoms with van der Waals surface area (Å²) in [4.78, 5) is 23.8. The van der Waals surface area contributed by atoms with Crippen molar-refractivity contribution >= 4 is 11.8 Å². The first kappa shape index (κ1) is 27.3. The van der Waals surface area contributed by atoms with E-state index in [1.54, 1.807) is 0 Å². The molecule has 29 heavy (non-hydrogen) atoms. The Balaban J connectivity index is 4.07. The molecule has 168 valence electrons. The van der Waals surface area contributed by atoms with Gasteiger partial charge >= 0.3 is 0 Å². The van der Waals surface area contributed by atoms with Crippen molar-refractivity contribution in [1.82, 2.24) is 10.6 Å². The average Bonchev–Trinajstić information content (AvgIpc) is 2.72. The smallest absolute Gasteiger partial charge is 0.220 e. The zero-order valence-corrected chi connectivity index (χ0v) is 18.4. The summed E-state index contributed by atoms with van der Waals surface area (Å²) in [5, 5.41) is 25.2. The summed E-state index contributed by atoms with van der Waals surface area (Å²) in [5.74, 6) is -0.0173. The maximum absolute atomic E-state index is 11.9. The van der Waals surface area contributed by atoms with Gasteiger partial charge in [0.05, 0.1) is 26.2 Å². The molecule has 0 aliphatic rings. The molecule has 0 aliphatic heterocycles. The quantitative estimate of drug-likeness (QED) is 0.120. The van der Waals surface area contributed by atoms with Crippen LogP contribution in [0.2, 0.25) is 0 Å². The van der Waals surface area contributed by atoms with E-state index in [4.69, 9.17) is 0 Å². The van der Waals surface area contributed by atoms with E-state index in [9.17, 15) is 19.8 Å². The largest absolute Gasteiger partial charge is 0.350 e. The van der Waals surface area contributed by atoms with E-state index in [0.717, 1.165) is 38.5 Å². The minimum Gasteiger partial charge on any atom is -0.350 e. The molecule has 0 spiro atoms. The second-order valence-corrected chi connectivity index (χ2v) is 7.40. The summed E-state index contributed by atoms with van der Waals surface area (Å²) in [6.07, 6.45) is 14.8. The number of aliphatic hydroxyl groups excluding tert-OH is 2. The molecule has 0 atom stereocenters. The van der Waals surface area contributed by atoms with Gasteiger partial charge in [0.2, 0.25) is 11.8 Å². The third kappa shape index (κ3) is 14.9. The van der Waals surface area contributed by atoms with Crippen LogP contribution in [0.15, 0.2) is 24.3 Å². The van der Waals surface area contributed by atoms with Crippen LogP contribution in [-0.2, 0) is 9.59 Å². The molecule has 0 saturated heterocycles. The second kappa shape index (κ2) is 18.3. The second-order valence-electron chi connectivity index (χ2n) is 7.40. The molecule has 0 bridgehead atoms. The minimum absolute atomic E-state index is 0.00863. The van der Waals surface area contributed by atoms with Gasteiger partial charge in [0, 0.05) is 12.8 Å². The van der Waals surface area contributed by atoms with Crippen molar-refractivity contribution in [3.63, 3.8) is 0 Å². The molecule has 0 aromatic carbocycles. The lowest BCUT2D eigenvalue weighted by atomic mass is 10.2.